The van der Waals surface area contributed by atoms with Crippen molar-refractivity contribution in [1.29, 1.82) is 0 Å². The van der Waals surface area contributed by atoms with Crippen LogP contribution in [0.5, 0.6) is 0 Å². The molecule has 0 aliphatic rings. The number of hydrogen-bond donors (Lipinski definition) is 1. The van der Waals surface area contributed by atoms with E-state index in [2.05, 4.69) is 15.3 Å². The Morgan fingerprint density at radius 2 is 2.12 bits per heavy atom. The average Bonchev–Trinajstić information content (AvgIpc) is 2.29. The Morgan fingerprint density at radius 1 is 1.44 bits per heavy atom. The lowest BCUT2D eigenvalue weighted by Gasteiger charge is -2.03. The van der Waals surface area contributed by atoms with Gasteiger partial charge in [0.25, 0.3) is 5.91 Å². The van der Waals surface area contributed by atoms with Crippen LogP contribution in [0.1, 0.15) is 22.3 Å². The summed E-state index contributed by atoms with van der Waals surface area (Å²) >= 11 is 0. The molecule has 1 aromatic carbocycles. The van der Waals surface area contributed by atoms with Crippen LogP contribution in [0.3, 0.4) is 0 Å². The van der Waals surface area contributed by atoms with E-state index in [9.17, 15) is 4.79 Å². The minimum absolute atomic E-state index is 0.0964. The molecule has 0 fully saturated rings. The van der Waals surface area contributed by atoms with Gasteiger partial charge in [-0.3, -0.25) is 4.79 Å². The van der Waals surface area contributed by atoms with Gasteiger partial charge in [-0.25, -0.2) is 0 Å². The van der Waals surface area contributed by atoms with Crippen LogP contribution in [0.25, 0.3) is 10.4 Å². The smallest absolute Gasteiger partial charge is 0.251 e. The maximum atomic E-state index is 11.6. The van der Waals surface area contributed by atoms with Gasteiger partial charge in [0.15, 0.2) is 0 Å². The topological polar surface area (TPSA) is 77.9 Å². The normalized spacial score (nSPS) is 9.31. The quantitative estimate of drug-likeness (QED) is 0.350. The minimum atomic E-state index is -0.0964. The largest absolute Gasteiger partial charge is 0.352 e. The molecule has 5 heteroatoms. The second-order valence-electron chi connectivity index (χ2n) is 3.43. The van der Waals surface area contributed by atoms with E-state index >= 15 is 0 Å². The Labute approximate surface area is 94.1 Å². The molecule has 0 aliphatic carbocycles. The fourth-order valence-corrected chi connectivity index (χ4v) is 1.20. The van der Waals surface area contributed by atoms with Crippen LogP contribution in [-0.2, 0) is 0 Å². The van der Waals surface area contributed by atoms with E-state index < -0.39 is 0 Å². The molecular weight excluding hydrogens is 204 g/mol. The number of nitrogens with one attached hydrogen (secondary N) is 1. The standard InChI is InChI=1S/C11H14N4O/c1-9-3-5-10(6-4-9)11(16)13-7-2-8-14-15-12/h3-6H,2,7-8H2,1H3,(H,13,16). The first-order chi connectivity index (χ1) is 7.74. The highest BCUT2D eigenvalue weighted by Gasteiger charge is 2.02. The third-order valence-corrected chi connectivity index (χ3v) is 2.10. The first-order valence-electron chi connectivity index (χ1n) is 5.10. The van der Waals surface area contributed by atoms with E-state index in [0.717, 1.165) is 5.56 Å². The molecule has 1 rings (SSSR count). The maximum absolute atomic E-state index is 11.6. The first-order valence-corrected chi connectivity index (χ1v) is 5.10. The van der Waals surface area contributed by atoms with Crippen LogP contribution in [0.2, 0.25) is 0 Å². The fraction of sp³-hybridized carbons (Fsp3) is 0.364. The Kier molecular flexibility index (Phi) is 4.89. The third-order valence-electron chi connectivity index (χ3n) is 2.10. The Balaban J connectivity index is 2.35. The molecule has 0 atom stereocenters. The van der Waals surface area contributed by atoms with E-state index in [1.54, 1.807) is 12.1 Å². The molecule has 1 N–H and O–H groups in total. The van der Waals surface area contributed by atoms with Crippen molar-refractivity contribution in [3.8, 4) is 0 Å². The van der Waals surface area contributed by atoms with E-state index in [1.807, 2.05) is 19.1 Å². The number of azide groups is 1. The number of carbonyl (C=O) groups is 1. The molecule has 0 radical (unpaired) electrons. The van der Waals surface area contributed by atoms with Gasteiger partial charge in [0.2, 0.25) is 0 Å². The van der Waals surface area contributed by atoms with Gasteiger partial charge < -0.3 is 5.32 Å². The Morgan fingerprint density at radius 3 is 2.75 bits per heavy atom. The molecule has 0 spiro atoms. The summed E-state index contributed by atoms with van der Waals surface area (Å²) in [4.78, 5) is 14.2. The minimum Gasteiger partial charge on any atom is -0.352 e. The monoisotopic (exact) mass is 218 g/mol. The summed E-state index contributed by atoms with van der Waals surface area (Å²) < 4.78 is 0. The van der Waals surface area contributed by atoms with Crippen LogP contribution >= 0.6 is 0 Å². The Hall–Kier alpha value is -2.00. The number of amides is 1. The highest BCUT2D eigenvalue weighted by Crippen LogP contribution is 2.02. The van der Waals surface area contributed by atoms with Crippen molar-refractivity contribution in [2.45, 2.75) is 13.3 Å². The summed E-state index contributed by atoms with van der Waals surface area (Å²) in [6, 6.07) is 7.37. The zero-order valence-corrected chi connectivity index (χ0v) is 9.18. The molecular formula is C11H14N4O. The molecule has 0 heterocycles. The zero-order valence-electron chi connectivity index (χ0n) is 9.18. The summed E-state index contributed by atoms with van der Waals surface area (Å²) in [5, 5.41) is 6.14. The number of hydrogen-bond acceptors (Lipinski definition) is 2. The second kappa shape index (κ2) is 6.48. The van der Waals surface area contributed by atoms with Crippen molar-refractivity contribution in [3.63, 3.8) is 0 Å². The van der Waals surface area contributed by atoms with Crippen molar-refractivity contribution >= 4 is 5.91 Å². The van der Waals surface area contributed by atoms with E-state index in [0.29, 0.717) is 25.1 Å². The van der Waals surface area contributed by atoms with E-state index in [1.165, 1.54) is 0 Å². The lowest BCUT2D eigenvalue weighted by Crippen LogP contribution is -2.24. The highest BCUT2D eigenvalue weighted by molar-refractivity contribution is 5.94. The van der Waals surface area contributed by atoms with Gasteiger partial charge in [-0.2, -0.15) is 0 Å². The molecule has 0 saturated carbocycles. The lowest BCUT2D eigenvalue weighted by atomic mass is 10.1. The average molecular weight is 218 g/mol. The maximum Gasteiger partial charge on any atom is 0.251 e. The van der Waals surface area contributed by atoms with Crippen molar-refractivity contribution in [2.75, 3.05) is 13.1 Å². The predicted molar refractivity (Wildman–Crippen MR) is 62.1 cm³/mol. The summed E-state index contributed by atoms with van der Waals surface area (Å²) in [6.07, 6.45) is 0.654. The molecule has 0 saturated heterocycles. The van der Waals surface area contributed by atoms with Crippen LogP contribution < -0.4 is 5.32 Å². The summed E-state index contributed by atoms with van der Waals surface area (Å²) in [6.45, 7) is 2.90. The van der Waals surface area contributed by atoms with Gasteiger partial charge in [-0.1, -0.05) is 22.8 Å². The fourth-order valence-electron chi connectivity index (χ4n) is 1.20. The number of aryl methyl sites for hydroxylation is 1. The molecule has 0 bridgehead atoms. The third kappa shape index (κ3) is 4.02. The van der Waals surface area contributed by atoms with Gasteiger partial charge in [0.1, 0.15) is 0 Å². The van der Waals surface area contributed by atoms with Gasteiger partial charge in [-0.05, 0) is 31.0 Å². The van der Waals surface area contributed by atoms with Crippen molar-refractivity contribution in [3.05, 3.63) is 45.8 Å². The lowest BCUT2D eigenvalue weighted by molar-refractivity contribution is 0.0953. The second-order valence-corrected chi connectivity index (χ2v) is 3.43. The summed E-state index contributed by atoms with van der Waals surface area (Å²) in [5.74, 6) is -0.0964. The highest BCUT2D eigenvalue weighted by atomic mass is 16.1. The van der Waals surface area contributed by atoms with E-state index in [-0.39, 0.29) is 5.91 Å². The molecule has 5 nitrogen and oxygen atoms in total. The number of carbonyl (C=O) groups excluding carboxylic acids is 1. The summed E-state index contributed by atoms with van der Waals surface area (Å²) in [5.41, 5.74) is 9.82. The number of benzene rings is 1. The number of rotatable bonds is 5. The molecule has 0 aliphatic heterocycles. The predicted octanol–water partition coefficient (Wildman–Crippen LogP) is 2.43. The van der Waals surface area contributed by atoms with Crippen LogP contribution in [0, 0.1) is 6.92 Å². The van der Waals surface area contributed by atoms with Crippen molar-refractivity contribution in [2.24, 2.45) is 5.11 Å². The van der Waals surface area contributed by atoms with Gasteiger partial charge in [0.05, 0.1) is 0 Å². The SMILES string of the molecule is Cc1ccc(C(=O)NCCCN=[N+]=[N-])cc1. The summed E-state index contributed by atoms with van der Waals surface area (Å²) in [7, 11) is 0. The van der Waals surface area contributed by atoms with Gasteiger partial charge in [-0.15, -0.1) is 0 Å². The molecule has 16 heavy (non-hydrogen) atoms. The van der Waals surface area contributed by atoms with Crippen molar-refractivity contribution < 1.29 is 4.79 Å². The molecule has 0 unspecified atom stereocenters. The first kappa shape index (κ1) is 12.1. The Bertz CT molecular complexity index is 393. The number of nitrogens with zero attached hydrogens (tertiary/aromatic N) is 3. The zero-order chi connectivity index (χ0) is 11.8. The van der Waals surface area contributed by atoms with Crippen LogP contribution in [0.4, 0.5) is 0 Å². The molecule has 0 aromatic heterocycles. The molecule has 84 valence electrons. The molecule has 1 amide bonds. The van der Waals surface area contributed by atoms with Crippen molar-refractivity contribution in [1.82, 2.24) is 5.32 Å². The molecule has 1 aromatic rings. The van der Waals surface area contributed by atoms with E-state index in [4.69, 9.17) is 5.53 Å². The van der Waals surface area contributed by atoms with Gasteiger partial charge in [0, 0.05) is 23.6 Å². The van der Waals surface area contributed by atoms with Crippen LogP contribution in [0.15, 0.2) is 29.4 Å². The van der Waals surface area contributed by atoms with Gasteiger partial charge >= 0.3 is 0 Å². The van der Waals surface area contributed by atoms with Crippen LogP contribution in [-0.4, -0.2) is 19.0 Å².